The molecule has 0 fully saturated rings. The number of nitrogens with one attached hydrogen (secondary N) is 2. The highest BCUT2D eigenvalue weighted by Crippen LogP contribution is 2.15. The molecule has 0 aromatic heterocycles. The highest BCUT2D eigenvalue weighted by Gasteiger charge is 2.07. The summed E-state index contributed by atoms with van der Waals surface area (Å²) in [4.78, 5) is 10.8. The topological polar surface area (TPSA) is 61.4 Å². The second-order valence-electron chi connectivity index (χ2n) is 4.38. The minimum Gasteiger partial charge on any atom is -0.387 e. The molecule has 0 heterocycles. The Bertz CT molecular complexity index is 360. The minimum absolute atomic E-state index is 0.0974. The number of hydrogen-bond acceptors (Lipinski definition) is 3. The van der Waals surface area contributed by atoms with Crippen molar-refractivity contribution >= 4 is 11.6 Å². The van der Waals surface area contributed by atoms with Crippen LogP contribution in [0.5, 0.6) is 0 Å². The van der Waals surface area contributed by atoms with Crippen LogP contribution in [0.3, 0.4) is 0 Å². The third kappa shape index (κ3) is 4.97. The standard InChI is InChI=1S/C13H20N2O2/c1-9(2)14-8-13(17)11-4-6-12(7-5-11)15-10(3)16/h4-7,9,13-14,17H,8H2,1-3H3,(H,15,16). The molecule has 1 amide bonds. The Labute approximate surface area is 102 Å². The van der Waals surface area contributed by atoms with Gasteiger partial charge in [0.25, 0.3) is 0 Å². The number of rotatable bonds is 5. The lowest BCUT2D eigenvalue weighted by Gasteiger charge is -2.14. The Morgan fingerprint density at radius 2 is 1.88 bits per heavy atom. The van der Waals surface area contributed by atoms with Crippen LogP contribution in [-0.2, 0) is 4.79 Å². The van der Waals surface area contributed by atoms with E-state index in [-0.39, 0.29) is 5.91 Å². The van der Waals surface area contributed by atoms with Gasteiger partial charge >= 0.3 is 0 Å². The second-order valence-corrected chi connectivity index (χ2v) is 4.38. The largest absolute Gasteiger partial charge is 0.387 e. The molecule has 0 saturated heterocycles. The zero-order valence-electron chi connectivity index (χ0n) is 10.5. The Morgan fingerprint density at radius 1 is 1.29 bits per heavy atom. The average Bonchev–Trinajstić information content (AvgIpc) is 2.26. The van der Waals surface area contributed by atoms with E-state index in [9.17, 15) is 9.90 Å². The molecule has 1 aromatic carbocycles. The average molecular weight is 236 g/mol. The van der Waals surface area contributed by atoms with Gasteiger partial charge in [-0.1, -0.05) is 26.0 Å². The van der Waals surface area contributed by atoms with Crippen LogP contribution in [0.4, 0.5) is 5.69 Å². The lowest BCUT2D eigenvalue weighted by molar-refractivity contribution is -0.114. The number of aliphatic hydroxyl groups excluding tert-OH is 1. The molecule has 3 N–H and O–H groups in total. The van der Waals surface area contributed by atoms with Gasteiger partial charge in [-0.05, 0) is 17.7 Å². The molecule has 0 saturated carbocycles. The van der Waals surface area contributed by atoms with Crippen molar-refractivity contribution in [2.45, 2.75) is 32.9 Å². The molecule has 0 aliphatic rings. The molecule has 1 aromatic rings. The molecule has 0 aliphatic carbocycles. The zero-order chi connectivity index (χ0) is 12.8. The molecule has 1 atom stereocenters. The van der Waals surface area contributed by atoms with Crippen LogP contribution >= 0.6 is 0 Å². The highest BCUT2D eigenvalue weighted by atomic mass is 16.3. The summed E-state index contributed by atoms with van der Waals surface area (Å²) < 4.78 is 0. The van der Waals surface area contributed by atoms with Gasteiger partial charge in [-0.25, -0.2) is 0 Å². The van der Waals surface area contributed by atoms with Crippen LogP contribution in [0.25, 0.3) is 0 Å². The van der Waals surface area contributed by atoms with Gasteiger partial charge in [0.1, 0.15) is 0 Å². The Hall–Kier alpha value is -1.39. The lowest BCUT2D eigenvalue weighted by Crippen LogP contribution is -2.27. The molecule has 1 rings (SSSR count). The fourth-order valence-electron chi connectivity index (χ4n) is 1.46. The Balaban J connectivity index is 2.57. The molecule has 4 heteroatoms. The fourth-order valence-corrected chi connectivity index (χ4v) is 1.46. The monoisotopic (exact) mass is 236 g/mol. The van der Waals surface area contributed by atoms with Crippen LogP contribution in [0.2, 0.25) is 0 Å². The molecule has 1 unspecified atom stereocenters. The van der Waals surface area contributed by atoms with Gasteiger partial charge in [0.05, 0.1) is 6.10 Å². The smallest absolute Gasteiger partial charge is 0.221 e. The molecule has 0 bridgehead atoms. The van der Waals surface area contributed by atoms with E-state index in [0.29, 0.717) is 12.6 Å². The molecule has 0 aliphatic heterocycles. The third-order valence-corrected chi connectivity index (χ3v) is 2.34. The van der Waals surface area contributed by atoms with Crippen molar-refractivity contribution in [2.24, 2.45) is 0 Å². The number of carbonyl (C=O) groups excluding carboxylic acids is 1. The summed E-state index contributed by atoms with van der Waals surface area (Å²) in [6, 6.07) is 7.56. The van der Waals surface area contributed by atoms with Gasteiger partial charge in [0.2, 0.25) is 5.91 Å². The van der Waals surface area contributed by atoms with E-state index in [2.05, 4.69) is 10.6 Å². The minimum atomic E-state index is -0.524. The van der Waals surface area contributed by atoms with Gasteiger partial charge in [0.15, 0.2) is 0 Å². The molecule has 4 nitrogen and oxygen atoms in total. The van der Waals surface area contributed by atoms with Crippen LogP contribution in [0, 0.1) is 0 Å². The van der Waals surface area contributed by atoms with Gasteiger partial charge < -0.3 is 15.7 Å². The van der Waals surface area contributed by atoms with Crippen molar-refractivity contribution in [3.05, 3.63) is 29.8 Å². The number of benzene rings is 1. The maximum absolute atomic E-state index is 10.8. The first kappa shape index (κ1) is 13.7. The summed E-state index contributed by atoms with van der Waals surface area (Å²) in [6.07, 6.45) is -0.524. The summed E-state index contributed by atoms with van der Waals surface area (Å²) in [5, 5.41) is 15.7. The third-order valence-electron chi connectivity index (χ3n) is 2.34. The summed E-state index contributed by atoms with van der Waals surface area (Å²) in [7, 11) is 0. The fraction of sp³-hybridized carbons (Fsp3) is 0.462. The van der Waals surface area contributed by atoms with Crippen LogP contribution < -0.4 is 10.6 Å². The van der Waals surface area contributed by atoms with Crippen molar-refractivity contribution < 1.29 is 9.90 Å². The van der Waals surface area contributed by atoms with Crippen molar-refractivity contribution in [3.63, 3.8) is 0 Å². The predicted molar refractivity (Wildman–Crippen MR) is 68.8 cm³/mol. The maximum atomic E-state index is 10.8. The molecular weight excluding hydrogens is 216 g/mol. The SMILES string of the molecule is CC(=O)Nc1ccc(C(O)CNC(C)C)cc1. The zero-order valence-corrected chi connectivity index (χ0v) is 10.5. The van der Waals surface area contributed by atoms with Crippen LogP contribution in [0.1, 0.15) is 32.4 Å². The summed E-state index contributed by atoms with van der Waals surface area (Å²) in [5.41, 5.74) is 1.58. The van der Waals surface area contributed by atoms with Crippen LogP contribution in [-0.4, -0.2) is 23.6 Å². The van der Waals surface area contributed by atoms with Gasteiger partial charge in [-0.2, -0.15) is 0 Å². The van der Waals surface area contributed by atoms with E-state index in [1.807, 2.05) is 26.0 Å². The number of carbonyl (C=O) groups is 1. The lowest BCUT2D eigenvalue weighted by atomic mass is 10.1. The van der Waals surface area contributed by atoms with E-state index >= 15 is 0 Å². The van der Waals surface area contributed by atoms with E-state index in [1.54, 1.807) is 12.1 Å². The first-order valence-corrected chi connectivity index (χ1v) is 5.78. The predicted octanol–water partition coefficient (Wildman–Crippen LogP) is 1.68. The van der Waals surface area contributed by atoms with E-state index < -0.39 is 6.10 Å². The van der Waals surface area contributed by atoms with Crippen molar-refractivity contribution in [2.75, 3.05) is 11.9 Å². The molecule has 94 valence electrons. The first-order chi connectivity index (χ1) is 7.99. The summed E-state index contributed by atoms with van der Waals surface area (Å²) in [6.45, 7) is 6.06. The van der Waals surface area contributed by atoms with Crippen molar-refractivity contribution in [1.82, 2.24) is 5.32 Å². The normalized spacial score (nSPS) is 12.5. The summed E-state index contributed by atoms with van der Waals surface area (Å²) >= 11 is 0. The van der Waals surface area contributed by atoms with Gasteiger partial charge in [-0.15, -0.1) is 0 Å². The second kappa shape index (κ2) is 6.37. The van der Waals surface area contributed by atoms with Gasteiger partial charge in [0, 0.05) is 25.2 Å². The number of hydrogen-bond donors (Lipinski definition) is 3. The highest BCUT2D eigenvalue weighted by molar-refractivity contribution is 5.88. The number of aliphatic hydroxyl groups is 1. The number of amides is 1. The van der Waals surface area contributed by atoms with E-state index in [1.165, 1.54) is 6.92 Å². The first-order valence-electron chi connectivity index (χ1n) is 5.78. The Morgan fingerprint density at radius 3 is 2.35 bits per heavy atom. The van der Waals surface area contributed by atoms with E-state index in [4.69, 9.17) is 0 Å². The van der Waals surface area contributed by atoms with Crippen molar-refractivity contribution in [1.29, 1.82) is 0 Å². The number of anilines is 1. The maximum Gasteiger partial charge on any atom is 0.221 e. The molecular formula is C13H20N2O2. The molecule has 0 spiro atoms. The quantitative estimate of drug-likeness (QED) is 0.729. The van der Waals surface area contributed by atoms with Gasteiger partial charge in [-0.3, -0.25) is 4.79 Å². The molecule has 17 heavy (non-hydrogen) atoms. The Kier molecular flexibility index (Phi) is 5.12. The summed E-state index contributed by atoms with van der Waals surface area (Å²) in [5.74, 6) is -0.0974. The van der Waals surface area contributed by atoms with Crippen molar-refractivity contribution in [3.8, 4) is 0 Å². The molecule has 0 radical (unpaired) electrons. The van der Waals surface area contributed by atoms with E-state index in [0.717, 1.165) is 11.3 Å². The van der Waals surface area contributed by atoms with Crippen LogP contribution in [0.15, 0.2) is 24.3 Å².